The smallest absolute Gasteiger partial charge is 0.246 e. The molecule has 0 saturated carbocycles. The second-order valence-corrected chi connectivity index (χ2v) is 17.2. The SMILES string of the molecule is COc1cc(OC)nc(N[C@H](C(=O)N2CCCC2c2ncc(-c3ccc(-c4ccc(-c5cnc(C6CCCN6C(=O)[C@@H](Nc6nc(OC)cc(OC)n6)C(C)C)[nH]5)cc4)cc3)[nH]2)C(C)C)n1. The quantitative estimate of drug-likeness (QED) is 0.0706. The van der Waals surface area contributed by atoms with E-state index < -0.39 is 12.1 Å². The zero-order valence-electron chi connectivity index (χ0n) is 38.7. The van der Waals surface area contributed by atoms with Crippen LogP contribution in [0.4, 0.5) is 11.9 Å². The van der Waals surface area contributed by atoms with Crippen LogP contribution in [-0.2, 0) is 9.59 Å². The summed E-state index contributed by atoms with van der Waals surface area (Å²) in [5.74, 6) is 3.21. The molecular formula is C48H58N12O6. The van der Waals surface area contributed by atoms with E-state index in [2.05, 4.69) is 89.1 Å². The molecule has 66 heavy (non-hydrogen) atoms. The number of nitrogens with zero attached hydrogens (tertiary/aromatic N) is 8. The van der Waals surface area contributed by atoms with Crippen LogP contribution in [0.3, 0.4) is 0 Å². The number of rotatable bonds is 17. The summed E-state index contributed by atoms with van der Waals surface area (Å²) in [7, 11) is 6.09. The van der Waals surface area contributed by atoms with Crippen molar-refractivity contribution in [1.29, 1.82) is 0 Å². The molecule has 2 fully saturated rings. The van der Waals surface area contributed by atoms with Crippen molar-refractivity contribution in [2.24, 2.45) is 11.8 Å². The molecule has 346 valence electrons. The number of anilines is 2. The molecule has 2 saturated heterocycles. The molecule has 6 aromatic rings. The molecular weight excluding hydrogens is 841 g/mol. The lowest BCUT2D eigenvalue weighted by molar-refractivity contribution is -0.134. The van der Waals surface area contributed by atoms with E-state index in [1.54, 1.807) is 12.1 Å². The van der Waals surface area contributed by atoms with Crippen LogP contribution < -0.4 is 29.6 Å². The predicted octanol–water partition coefficient (Wildman–Crippen LogP) is 7.35. The van der Waals surface area contributed by atoms with E-state index in [0.29, 0.717) is 36.6 Å². The fourth-order valence-electron chi connectivity index (χ4n) is 8.64. The van der Waals surface area contributed by atoms with E-state index in [0.717, 1.165) is 71.0 Å². The van der Waals surface area contributed by atoms with Crippen LogP contribution in [0.1, 0.15) is 77.1 Å². The molecule has 8 rings (SSSR count). The monoisotopic (exact) mass is 898 g/mol. The molecule has 0 bridgehead atoms. The number of hydrogen-bond acceptors (Lipinski definition) is 14. The van der Waals surface area contributed by atoms with Gasteiger partial charge in [0.1, 0.15) is 23.7 Å². The molecule has 2 aromatic carbocycles. The zero-order chi connectivity index (χ0) is 46.5. The van der Waals surface area contributed by atoms with Crippen LogP contribution in [0.25, 0.3) is 33.6 Å². The van der Waals surface area contributed by atoms with Gasteiger partial charge in [0.2, 0.25) is 47.2 Å². The molecule has 4 N–H and O–H groups in total. The molecule has 18 heteroatoms. The Morgan fingerprint density at radius 1 is 0.561 bits per heavy atom. The number of methoxy groups -OCH3 is 4. The van der Waals surface area contributed by atoms with E-state index in [4.69, 9.17) is 28.9 Å². The van der Waals surface area contributed by atoms with Crippen LogP contribution in [0.5, 0.6) is 23.5 Å². The number of carbonyl (C=O) groups excluding carboxylic acids is 2. The lowest BCUT2D eigenvalue weighted by atomic mass is 10.0. The van der Waals surface area contributed by atoms with Gasteiger partial charge in [0.15, 0.2) is 0 Å². The molecule has 2 aliphatic rings. The maximum Gasteiger partial charge on any atom is 0.246 e. The van der Waals surface area contributed by atoms with Crippen LogP contribution in [0, 0.1) is 11.8 Å². The summed E-state index contributed by atoms with van der Waals surface area (Å²) < 4.78 is 21.3. The van der Waals surface area contributed by atoms with Gasteiger partial charge in [-0.05, 0) is 59.8 Å². The van der Waals surface area contributed by atoms with E-state index in [1.807, 2.05) is 49.9 Å². The molecule has 4 aromatic heterocycles. The van der Waals surface area contributed by atoms with Gasteiger partial charge in [-0.1, -0.05) is 76.2 Å². The van der Waals surface area contributed by atoms with Crippen molar-refractivity contribution in [2.75, 3.05) is 52.2 Å². The van der Waals surface area contributed by atoms with E-state index >= 15 is 0 Å². The predicted molar refractivity (Wildman–Crippen MR) is 249 cm³/mol. The zero-order valence-corrected chi connectivity index (χ0v) is 38.7. The molecule has 2 amide bonds. The highest BCUT2D eigenvalue weighted by Crippen LogP contribution is 2.36. The number of ether oxygens (including phenoxy) is 4. The first-order valence-electron chi connectivity index (χ1n) is 22.4. The van der Waals surface area contributed by atoms with Gasteiger partial charge in [-0.15, -0.1) is 0 Å². The van der Waals surface area contributed by atoms with Crippen molar-refractivity contribution in [3.05, 3.63) is 84.7 Å². The Bertz CT molecular complexity index is 2390. The first kappa shape index (κ1) is 45.3. The molecule has 4 atom stereocenters. The molecule has 0 spiro atoms. The Morgan fingerprint density at radius 2 is 0.894 bits per heavy atom. The third-order valence-electron chi connectivity index (χ3n) is 12.2. The van der Waals surface area contributed by atoms with Crippen LogP contribution >= 0.6 is 0 Å². The normalized spacial score (nSPS) is 16.9. The van der Waals surface area contributed by atoms with E-state index in [1.165, 1.54) is 28.4 Å². The van der Waals surface area contributed by atoms with E-state index in [9.17, 15) is 9.59 Å². The van der Waals surface area contributed by atoms with Crippen molar-refractivity contribution in [2.45, 2.75) is 77.5 Å². The fraction of sp³-hybridized carbons (Fsp3) is 0.417. The van der Waals surface area contributed by atoms with E-state index in [-0.39, 0.29) is 47.6 Å². The van der Waals surface area contributed by atoms with Gasteiger partial charge in [-0.3, -0.25) is 9.59 Å². The minimum Gasteiger partial charge on any atom is -0.481 e. The van der Waals surface area contributed by atoms with Gasteiger partial charge in [0.05, 0.1) is 76.4 Å². The number of amides is 2. The number of hydrogen-bond donors (Lipinski definition) is 4. The van der Waals surface area contributed by atoms with Crippen molar-refractivity contribution < 1.29 is 28.5 Å². The van der Waals surface area contributed by atoms with Gasteiger partial charge in [-0.2, -0.15) is 19.9 Å². The summed E-state index contributed by atoms with van der Waals surface area (Å²) in [6, 6.07) is 18.4. The summed E-state index contributed by atoms with van der Waals surface area (Å²) in [6.45, 7) is 9.22. The van der Waals surface area contributed by atoms with Gasteiger partial charge in [-0.25, -0.2) is 9.97 Å². The maximum absolute atomic E-state index is 14.1. The summed E-state index contributed by atoms with van der Waals surface area (Å²) in [5.41, 5.74) is 5.87. The lowest BCUT2D eigenvalue weighted by Crippen LogP contribution is -2.45. The summed E-state index contributed by atoms with van der Waals surface area (Å²) in [4.78, 5) is 66.2. The second kappa shape index (κ2) is 19.9. The Hall–Kier alpha value is -7.24. The Morgan fingerprint density at radius 3 is 1.21 bits per heavy atom. The molecule has 2 aliphatic heterocycles. The summed E-state index contributed by atoms with van der Waals surface area (Å²) >= 11 is 0. The van der Waals surface area contributed by atoms with Crippen LogP contribution in [-0.4, -0.2) is 115 Å². The highest BCUT2D eigenvalue weighted by atomic mass is 16.5. The standard InChI is InChI=1S/C48H58N12O6/c1-27(2)41(57-47-53-37(63-5)23-38(54-47)64-6)45(61)59-21-9-11-35(59)43-49-25-33(51-43)31-17-13-29(14-18-31)30-15-19-32(20-16-30)34-26-50-44(52-34)36-12-10-22-60(36)46(62)42(28(3)4)58-48-55-39(65-7)24-40(56-48)66-8/h13-20,23-28,35-36,41-42H,9-12,21-22H2,1-8H3,(H,49,51)(H,50,52)(H,53,54,57)(H,55,56,58)/t35?,36?,41-,42-/m0/s1. The largest absolute Gasteiger partial charge is 0.481 e. The van der Waals surface area contributed by atoms with Crippen molar-refractivity contribution in [3.8, 4) is 57.2 Å². The van der Waals surface area contributed by atoms with Crippen molar-refractivity contribution >= 4 is 23.7 Å². The number of imidazole rings is 2. The minimum atomic E-state index is -0.573. The maximum atomic E-state index is 14.1. The fourth-order valence-corrected chi connectivity index (χ4v) is 8.64. The highest BCUT2D eigenvalue weighted by molar-refractivity contribution is 5.86. The third kappa shape index (κ3) is 9.72. The minimum absolute atomic E-state index is 0.0422. The molecule has 0 aliphatic carbocycles. The van der Waals surface area contributed by atoms with Crippen LogP contribution in [0.15, 0.2) is 73.1 Å². The Labute approximate surface area is 384 Å². The molecule has 18 nitrogen and oxygen atoms in total. The highest BCUT2D eigenvalue weighted by Gasteiger charge is 2.39. The number of H-pyrrole nitrogens is 2. The topological polar surface area (TPSA) is 211 Å². The van der Waals surface area contributed by atoms with Gasteiger partial charge >= 0.3 is 0 Å². The molecule has 2 unspecified atom stereocenters. The first-order chi connectivity index (χ1) is 32.0. The Balaban J connectivity index is 0.909. The van der Waals surface area contributed by atoms with Gasteiger partial charge in [0, 0.05) is 13.1 Å². The first-order valence-corrected chi connectivity index (χ1v) is 22.4. The number of aromatic nitrogens is 8. The summed E-state index contributed by atoms with van der Waals surface area (Å²) in [5, 5.41) is 6.48. The van der Waals surface area contributed by atoms with Crippen molar-refractivity contribution in [3.63, 3.8) is 0 Å². The lowest BCUT2D eigenvalue weighted by Gasteiger charge is -2.30. The Kier molecular flexibility index (Phi) is 13.7. The van der Waals surface area contributed by atoms with Gasteiger partial charge in [0.25, 0.3) is 0 Å². The number of benzene rings is 2. The number of nitrogens with one attached hydrogen (secondary N) is 4. The van der Waals surface area contributed by atoms with Crippen LogP contribution in [0.2, 0.25) is 0 Å². The summed E-state index contributed by atoms with van der Waals surface area (Å²) in [6.07, 6.45) is 7.01. The average Bonchev–Trinajstić information content (AvgIpc) is 4.19. The third-order valence-corrected chi connectivity index (χ3v) is 12.2. The number of carbonyl (C=O) groups is 2. The average molecular weight is 899 g/mol. The number of likely N-dealkylation sites (tertiary alicyclic amines) is 2. The van der Waals surface area contributed by atoms with Gasteiger partial charge < -0.3 is 49.3 Å². The molecule has 0 radical (unpaired) electrons. The van der Waals surface area contributed by atoms with Crippen molar-refractivity contribution in [1.82, 2.24) is 49.7 Å². The second-order valence-electron chi connectivity index (χ2n) is 17.2. The number of aromatic amines is 2. The molecule has 6 heterocycles.